The average molecular weight is 332 g/mol. The number of carbonyl (C=O) groups excluding carboxylic acids is 2. The number of hydrogen-bond acceptors (Lipinski definition) is 4. The second-order valence-corrected chi connectivity index (χ2v) is 6.57. The zero-order valence-corrected chi connectivity index (χ0v) is 14.2. The Balaban J connectivity index is 1.50. The summed E-state index contributed by atoms with van der Waals surface area (Å²) in [4.78, 5) is 26.5. The molecule has 2 fully saturated rings. The maximum Gasteiger partial charge on any atom is 0.228 e. The molecule has 3 rings (SSSR count). The first kappa shape index (κ1) is 16.8. The van der Waals surface area contributed by atoms with E-state index in [2.05, 4.69) is 5.32 Å². The van der Waals surface area contributed by atoms with Crippen LogP contribution < -0.4 is 10.1 Å². The summed E-state index contributed by atoms with van der Waals surface area (Å²) in [6.07, 6.45) is 0.750. The molecule has 1 heterocycles. The van der Waals surface area contributed by atoms with E-state index < -0.39 is 0 Å². The fraction of sp³-hybridized carbons (Fsp3) is 0.556. The lowest BCUT2D eigenvalue weighted by molar-refractivity contribution is -0.137. The standard InChI is InChI=1S/C18H24N2O4/c1-12(2)24-14-5-3-13(4-6-14)19-17(21)15-11-16(15)18(22)20-7-9-23-10-8-20/h3-6,12,15-16H,7-11H2,1-2H3,(H,19,21). The van der Waals surface area contributed by atoms with Crippen LogP contribution >= 0.6 is 0 Å². The molecule has 1 aromatic carbocycles. The van der Waals surface area contributed by atoms with E-state index in [1.165, 1.54) is 0 Å². The molecule has 1 aliphatic heterocycles. The lowest BCUT2D eigenvalue weighted by Gasteiger charge is -2.27. The average Bonchev–Trinajstić information content (AvgIpc) is 3.37. The molecule has 24 heavy (non-hydrogen) atoms. The van der Waals surface area contributed by atoms with Crippen molar-refractivity contribution in [3.05, 3.63) is 24.3 Å². The normalized spacial score (nSPS) is 23.0. The third kappa shape index (κ3) is 4.06. The molecule has 0 aromatic heterocycles. The van der Waals surface area contributed by atoms with Crippen molar-refractivity contribution in [2.45, 2.75) is 26.4 Å². The molecule has 1 saturated carbocycles. The highest BCUT2D eigenvalue weighted by Gasteiger charge is 2.49. The van der Waals surface area contributed by atoms with E-state index in [-0.39, 0.29) is 29.8 Å². The summed E-state index contributed by atoms with van der Waals surface area (Å²) < 4.78 is 10.8. The van der Waals surface area contributed by atoms with Crippen LogP contribution in [0.2, 0.25) is 0 Å². The van der Waals surface area contributed by atoms with Gasteiger partial charge >= 0.3 is 0 Å². The van der Waals surface area contributed by atoms with Gasteiger partial charge in [0.25, 0.3) is 0 Å². The van der Waals surface area contributed by atoms with Crippen LogP contribution in [-0.4, -0.2) is 49.1 Å². The highest BCUT2D eigenvalue weighted by molar-refractivity contribution is 5.99. The van der Waals surface area contributed by atoms with Crippen molar-refractivity contribution in [2.75, 3.05) is 31.6 Å². The van der Waals surface area contributed by atoms with Gasteiger partial charge in [-0.2, -0.15) is 0 Å². The van der Waals surface area contributed by atoms with Gasteiger partial charge in [0.1, 0.15) is 5.75 Å². The van der Waals surface area contributed by atoms with Crippen LogP contribution in [-0.2, 0) is 14.3 Å². The smallest absolute Gasteiger partial charge is 0.228 e. The van der Waals surface area contributed by atoms with Crippen molar-refractivity contribution in [3.63, 3.8) is 0 Å². The highest BCUT2D eigenvalue weighted by Crippen LogP contribution is 2.41. The van der Waals surface area contributed by atoms with Crippen molar-refractivity contribution in [2.24, 2.45) is 11.8 Å². The van der Waals surface area contributed by atoms with Crippen LogP contribution in [0, 0.1) is 11.8 Å². The van der Waals surface area contributed by atoms with Gasteiger partial charge in [-0.05, 0) is 44.5 Å². The molecule has 0 spiro atoms. The molecule has 6 nitrogen and oxygen atoms in total. The Morgan fingerprint density at radius 2 is 1.83 bits per heavy atom. The van der Waals surface area contributed by atoms with E-state index in [9.17, 15) is 9.59 Å². The summed E-state index contributed by atoms with van der Waals surface area (Å²) in [5.74, 6) is 0.381. The molecule has 0 bridgehead atoms. The molecule has 0 radical (unpaired) electrons. The predicted octanol–water partition coefficient (Wildman–Crippen LogP) is 1.91. The molecular formula is C18H24N2O4. The van der Waals surface area contributed by atoms with Crippen LogP contribution in [0.25, 0.3) is 0 Å². The number of benzene rings is 1. The summed E-state index contributed by atoms with van der Waals surface area (Å²) in [7, 11) is 0. The molecule has 2 aliphatic rings. The van der Waals surface area contributed by atoms with Crippen LogP contribution in [0.1, 0.15) is 20.3 Å². The lowest BCUT2D eigenvalue weighted by atomic mass is 10.2. The predicted molar refractivity (Wildman–Crippen MR) is 89.8 cm³/mol. The van der Waals surface area contributed by atoms with Gasteiger partial charge in [0, 0.05) is 18.8 Å². The SMILES string of the molecule is CC(C)Oc1ccc(NC(=O)C2CC2C(=O)N2CCOCC2)cc1. The summed E-state index contributed by atoms with van der Waals surface area (Å²) in [5.41, 5.74) is 0.723. The summed E-state index contributed by atoms with van der Waals surface area (Å²) in [5, 5.41) is 2.88. The van der Waals surface area contributed by atoms with Crippen molar-refractivity contribution < 1.29 is 19.1 Å². The molecule has 1 aliphatic carbocycles. The first-order chi connectivity index (χ1) is 11.5. The lowest BCUT2D eigenvalue weighted by Crippen LogP contribution is -2.42. The Kier molecular flexibility index (Phi) is 5.04. The molecule has 2 unspecified atom stereocenters. The van der Waals surface area contributed by atoms with Gasteiger partial charge in [0.2, 0.25) is 11.8 Å². The van der Waals surface area contributed by atoms with Gasteiger partial charge in [0.15, 0.2) is 0 Å². The second-order valence-electron chi connectivity index (χ2n) is 6.57. The molecule has 2 amide bonds. The fourth-order valence-electron chi connectivity index (χ4n) is 2.90. The van der Waals surface area contributed by atoms with Gasteiger partial charge in [-0.25, -0.2) is 0 Å². The molecule has 1 aromatic rings. The van der Waals surface area contributed by atoms with E-state index >= 15 is 0 Å². The monoisotopic (exact) mass is 332 g/mol. The summed E-state index contributed by atoms with van der Waals surface area (Å²) in [6, 6.07) is 7.30. The number of nitrogens with zero attached hydrogens (tertiary/aromatic N) is 1. The summed E-state index contributed by atoms with van der Waals surface area (Å²) in [6.45, 7) is 6.35. The largest absolute Gasteiger partial charge is 0.491 e. The molecule has 1 N–H and O–H groups in total. The Morgan fingerprint density at radius 1 is 1.17 bits per heavy atom. The minimum atomic E-state index is -0.216. The molecule has 130 valence electrons. The number of amides is 2. The van der Waals surface area contributed by atoms with Gasteiger partial charge in [-0.15, -0.1) is 0 Å². The first-order valence-corrected chi connectivity index (χ1v) is 8.48. The van der Waals surface area contributed by atoms with Gasteiger partial charge in [-0.1, -0.05) is 0 Å². The third-order valence-corrected chi connectivity index (χ3v) is 4.26. The fourth-order valence-corrected chi connectivity index (χ4v) is 2.90. The second kappa shape index (κ2) is 7.21. The Bertz CT molecular complexity index is 594. The van der Waals surface area contributed by atoms with Crippen LogP contribution in [0.15, 0.2) is 24.3 Å². The molecule has 6 heteroatoms. The molecule has 1 saturated heterocycles. The third-order valence-electron chi connectivity index (χ3n) is 4.26. The minimum absolute atomic E-state index is 0.0825. The molecular weight excluding hydrogens is 308 g/mol. The van der Waals surface area contributed by atoms with Crippen LogP contribution in [0.5, 0.6) is 5.75 Å². The van der Waals surface area contributed by atoms with E-state index in [0.717, 1.165) is 11.4 Å². The van der Waals surface area contributed by atoms with Crippen LogP contribution in [0.4, 0.5) is 5.69 Å². The number of hydrogen-bond donors (Lipinski definition) is 1. The van der Waals surface area contributed by atoms with E-state index in [0.29, 0.717) is 32.7 Å². The zero-order valence-electron chi connectivity index (χ0n) is 14.2. The van der Waals surface area contributed by atoms with Gasteiger partial charge in [0.05, 0.1) is 31.2 Å². The number of ether oxygens (including phenoxy) is 2. The highest BCUT2D eigenvalue weighted by atomic mass is 16.5. The number of nitrogens with one attached hydrogen (secondary N) is 1. The van der Waals surface area contributed by atoms with Gasteiger partial charge < -0.3 is 19.7 Å². The van der Waals surface area contributed by atoms with E-state index in [1.54, 1.807) is 4.90 Å². The van der Waals surface area contributed by atoms with Crippen molar-refractivity contribution in [3.8, 4) is 5.75 Å². The first-order valence-electron chi connectivity index (χ1n) is 8.48. The van der Waals surface area contributed by atoms with E-state index in [1.807, 2.05) is 38.1 Å². The maximum atomic E-state index is 12.3. The summed E-state index contributed by atoms with van der Waals surface area (Å²) >= 11 is 0. The number of anilines is 1. The van der Waals surface area contributed by atoms with Crippen molar-refractivity contribution in [1.82, 2.24) is 4.90 Å². The Morgan fingerprint density at radius 3 is 2.46 bits per heavy atom. The zero-order chi connectivity index (χ0) is 17.1. The number of carbonyl (C=O) groups is 2. The minimum Gasteiger partial charge on any atom is -0.491 e. The Hall–Kier alpha value is -2.08. The molecule has 2 atom stereocenters. The topological polar surface area (TPSA) is 67.9 Å². The quantitative estimate of drug-likeness (QED) is 0.894. The van der Waals surface area contributed by atoms with Gasteiger partial charge in [-0.3, -0.25) is 9.59 Å². The van der Waals surface area contributed by atoms with Crippen molar-refractivity contribution in [1.29, 1.82) is 0 Å². The number of rotatable bonds is 5. The number of morpholine rings is 1. The Labute approximate surface area is 142 Å². The van der Waals surface area contributed by atoms with Crippen LogP contribution in [0.3, 0.4) is 0 Å². The maximum absolute atomic E-state index is 12.3. The van der Waals surface area contributed by atoms with E-state index in [4.69, 9.17) is 9.47 Å². The van der Waals surface area contributed by atoms with Crippen molar-refractivity contribution >= 4 is 17.5 Å².